The molecule has 4 atom stereocenters. The van der Waals surface area contributed by atoms with Crippen molar-refractivity contribution < 1.29 is 19.4 Å². The quantitative estimate of drug-likeness (QED) is 0.591. The summed E-state index contributed by atoms with van der Waals surface area (Å²) in [4.78, 5) is 24.4. The second-order valence-electron chi connectivity index (χ2n) is 7.55. The van der Waals surface area contributed by atoms with E-state index in [1.54, 1.807) is 32.9 Å². The molecule has 0 bridgehead atoms. The maximum atomic E-state index is 12.2. The molecule has 1 saturated carbocycles. The van der Waals surface area contributed by atoms with Gasteiger partial charge in [-0.15, -0.1) is 0 Å². The first kappa shape index (κ1) is 18.6. The predicted octanol–water partition coefficient (Wildman–Crippen LogP) is 2.19. The Kier molecular flexibility index (Phi) is 5.78. The van der Waals surface area contributed by atoms with E-state index in [1.165, 1.54) is 0 Å². The molecule has 0 unspecified atom stereocenters. The molecule has 0 amide bonds. The predicted molar refractivity (Wildman–Crippen MR) is 91.7 cm³/mol. The third-order valence-electron chi connectivity index (χ3n) is 4.22. The van der Waals surface area contributed by atoms with Gasteiger partial charge in [0.05, 0.1) is 6.54 Å². The number of esters is 1. The van der Waals surface area contributed by atoms with Crippen molar-refractivity contribution in [2.45, 2.75) is 51.9 Å². The first-order valence-electron chi connectivity index (χ1n) is 8.41. The molecule has 5 nitrogen and oxygen atoms in total. The van der Waals surface area contributed by atoms with E-state index in [0.717, 1.165) is 6.42 Å². The molecule has 0 aliphatic heterocycles. The van der Waals surface area contributed by atoms with Crippen LogP contribution in [-0.2, 0) is 9.53 Å². The van der Waals surface area contributed by atoms with Crippen molar-refractivity contribution in [2.75, 3.05) is 6.54 Å². The molecule has 0 heterocycles. The molecule has 24 heavy (non-hydrogen) atoms. The van der Waals surface area contributed by atoms with Crippen LogP contribution in [0.4, 0.5) is 0 Å². The summed E-state index contributed by atoms with van der Waals surface area (Å²) in [5, 5.41) is 13.5. The van der Waals surface area contributed by atoms with Gasteiger partial charge < -0.3 is 15.2 Å². The topological polar surface area (TPSA) is 75.6 Å². The van der Waals surface area contributed by atoms with Crippen molar-refractivity contribution in [3.8, 4) is 0 Å². The number of benzene rings is 1. The molecule has 0 saturated heterocycles. The van der Waals surface area contributed by atoms with Gasteiger partial charge in [0.1, 0.15) is 5.60 Å². The van der Waals surface area contributed by atoms with Crippen molar-refractivity contribution in [3.05, 3.63) is 35.9 Å². The molecule has 1 aliphatic carbocycles. The SMILES string of the molecule is C[C@@H]1C[C@@H]1[C@H](NCC(=O)c1ccccc1)[C@@H](O)C(=O)OC(C)(C)C. The van der Waals surface area contributed by atoms with Gasteiger partial charge in [-0.25, -0.2) is 4.79 Å². The summed E-state index contributed by atoms with van der Waals surface area (Å²) in [6.45, 7) is 7.44. The van der Waals surface area contributed by atoms with Crippen LogP contribution < -0.4 is 5.32 Å². The van der Waals surface area contributed by atoms with Gasteiger partial charge in [-0.3, -0.25) is 4.79 Å². The van der Waals surface area contributed by atoms with Gasteiger partial charge >= 0.3 is 5.97 Å². The number of Topliss-reactive ketones (excluding diaryl/α,β-unsaturated/α-hetero) is 1. The molecule has 5 heteroatoms. The zero-order valence-corrected chi connectivity index (χ0v) is 14.8. The number of nitrogens with one attached hydrogen (secondary N) is 1. The molecular weight excluding hydrogens is 306 g/mol. The van der Waals surface area contributed by atoms with Gasteiger partial charge in [0.15, 0.2) is 11.9 Å². The Labute approximate surface area is 143 Å². The van der Waals surface area contributed by atoms with E-state index in [4.69, 9.17) is 4.74 Å². The molecular formula is C19H27NO4. The molecule has 1 aromatic carbocycles. The monoisotopic (exact) mass is 333 g/mol. The number of rotatable bonds is 7. The molecule has 1 aromatic rings. The molecule has 0 radical (unpaired) electrons. The fourth-order valence-electron chi connectivity index (χ4n) is 2.79. The second kappa shape index (κ2) is 7.45. The largest absolute Gasteiger partial charge is 0.458 e. The second-order valence-corrected chi connectivity index (χ2v) is 7.55. The van der Waals surface area contributed by atoms with E-state index in [2.05, 4.69) is 12.2 Å². The van der Waals surface area contributed by atoms with Gasteiger partial charge in [-0.05, 0) is 39.0 Å². The summed E-state index contributed by atoms with van der Waals surface area (Å²) >= 11 is 0. The van der Waals surface area contributed by atoms with E-state index in [9.17, 15) is 14.7 Å². The molecule has 2 rings (SSSR count). The van der Waals surface area contributed by atoms with Crippen LogP contribution in [0.15, 0.2) is 30.3 Å². The number of aliphatic hydroxyl groups excluding tert-OH is 1. The maximum Gasteiger partial charge on any atom is 0.337 e. The number of ketones is 1. The van der Waals surface area contributed by atoms with Crippen molar-refractivity contribution in [3.63, 3.8) is 0 Å². The fourth-order valence-corrected chi connectivity index (χ4v) is 2.79. The van der Waals surface area contributed by atoms with E-state index in [-0.39, 0.29) is 18.2 Å². The number of aliphatic hydroxyl groups is 1. The average Bonchev–Trinajstić information content (AvgIpc) is 3.22. The normalized spacial score (nSPS) is 22.5. The first-order chi connectivity index (χ1) is 11.2. The lowest BCUT2D eigenvalue weighted by atomic mass is 10.0. The Bertz CT molecular complexity index is 579. The van der Waals surface area contributed by atoms with Crippen LogP contribution in [0, 0.1) is 11.8 Å². The smallest absolute Gasteiger partial charge is 0.337 e. The van der Waals surface area contributed by atoms with Crippen LogP contribution in [0.1, 0.15) is 44.5 Å². The zero-order chi connectivity index (χ0) is 17.9. The third-order valence-corrected chi connectivity index (χ3v) is 4.22. The van der Waals surface area contributed by atoms with E-state index >= 15 is 0 Å². The highest BCUT2D eigenvalue weighted by Gasteiger charge is 2.45. The Morgan fingerprint density at radius 1 is 1.29 bits per heavy atom. The number of hydrogen-bond donors (Lipinski definition) is 2. The first-order valence-corrected chi connectivity index (χ1v) is 8.41. The number of carbonyl (C=O) groups is 2. The van der Waals surface area contributed by atoms with Crippen molar-refractivity contribution in [2.24, 2.45) is 11.8 Å². The summed E-state index contributed by atoms with van der Waals surface area (Å²) in [6, 6.07) is 8.51. The Morgan fingerprint density at radius 3 is 2.38 bits per heavy atom. The van der Waals surface area contributed by atoms with Crippen molar-refractivity contribution in [1.82, 2.24) is 5.32 Å². The Hall–Kier alpha value is -1.72. The highest BCUT2D eigenvalue weighted by Crippen LogP contribution is 2.41. The van der Waals surface area contributed by atoms with Gasteiger partial charge in [0.2, 0.25) is 0 Å². The lowest BCUT2D eigenvalue weighted by molar-refractivity contribution is -0.167. The van der Waals surface area contributed by atoms with Crippen molar-refractivity contribution in [1.29, 1.82) is 0 Å². The molecule has 1 fully saturated rings. The standard InChI is InChI=1S/C19H27NO4/c1-12-10-14(12)16(17(22)18(23)24-19(2,3)4)20-11-15(21)13-8-6-5-7-9-13/h5-9,12,14,16-17,20,22H,10-11H2,1-4H3/t12-,14+,16+,17-/m1/s1. The van der Waals surface area contributed by atoms with Gasteiger partial charge in [-0.2, -0.15) is 0 Å². The third kappa shape index (κ3) is 5.14. The zero-order valence-electron chi connectivity index (χ0n) is 14.8. The lowest BCUT2D eigenvalue weighted by Gasteiger charge is -2.27. The molecule has 2 N–H and O–H groups in total. The van der Waals surface area contributed by atoms with Crippen molar-refractivity contribution >= 4 is 11.8 Å². The van der Waals surface area contributed by atoms with E-state index in [0.29, 0.717) is 11.5 Å². The minimum atomic E-state index is -1.28. The van der Waals surface area contributed by atoms with Crippen LogP contribution in [0.2, 0.25) is 0 Å². The number of carbonyl (C=O) groups excluding carboxylic acids is 2. The van der Waals surface area contributed by atoms with Crippen LogP contribution in [0.25, 0.3) is 0 Å². The van der Waals surface area contributed by atoms with E-state index in [1.807, 2.05) is 18.2 Å². The van der Waals surface area contributed by atoms with E-state index < -0.39 is 23.7 Å². The maximum absolute atomic E-state index is 12.2. The minimum Gasteiger partial charge on any atom is -0.458 e. The highest BCUT2D eigenvalue weighted by molar-refractivity contribution is 5.97. The molecule has 0 aromatic heterocycles. The molecule has 1 aliphatic rings. The molecule has 132 valence electrons. The van der Waals surface area contributed by atoms with Crippen LogP contribution in [0.5, 0.6) is 0 Å². The highest BCUT2D eigenvalue weighted by atomic mass is 16.6. The number of ether oxygens (including phenoxy) is 1. The number of hydrogen-bond acceptors (Lipinski definition) is 5. The van der Waals surface area contributed by atoms with Crippen LogP contribution in [-0.4, -0.2) is 41.2 Å². The summed E-state index contributed by atoms with van der Waals surface area (Å²) in [5.74, 6) is -0.112. The summed E-state index contributed by atoms with van der Waals surface area (Å²) in [6.07, 6.45) is -0.348. The summed E-state index contributed by atoms with van der Waals surface area (Å²) in [7, 11) is 0. The van der Waals surface area contributed by atoms with Crippen LogP contribution in [0.3, 0.4) is 0 Å². The van der Waals surface area contributed by atoms with Gasteiger partial charge in [0, 0.05) is 11.6 Å². The fraction of sp³-hybridized carbons (Fsp3) is 0.579. The lowest BCUT2D eigenvalue weighted by Crippen LogP contribution is -2.49. The summed E-state index contributed by atoms with van der Waals surface area (Å²) in [5.41, 5.74) is -0.0446. The minimum absolute atomic E-state index is 0.0645. The summed E-state index contributed by atoms with van der Waals surface area (Å²) < 4.78 is 5.27. The van der Waals surface area contributed by atoms with Gasteiger partial charge in [0.25, 0.3) is 0 Å². The molecule has 0 spiro atoms. The van der Waals surface area contributed by atoms with Crippen LogP contribution >= 0.6 is 0 Å². The Morgan fingerprint density at radius 2 is 1.88 bits per heavy atom. The van der Waals surface area contributed by atoms with Gasteiger partial charge in [-0.1, -0.05) is 37.3 Å². The average molecular weight is 333 g/mol. The Balaban J connectivity index is 1.99.